The number of alkyl halides is 3. The summed E-state index contributed by atoms with van der Waals surface area (Å²) in [4.78, 5) is 0. The molecule has 1 rings (SSSR count). The fourth-order valence-corrected chi connectivity index (χ4v) is 1.94. The SMILES string of the molecule is CC(N)C(Oc1ccc(OC(F)(F)F)cc1)C(C)(C)C. The van der Waals surface area contributed by atoms with Crippen molar-refractivity contribution < 1.29 is 22.6 Å². The number of rotatable bonds is 4. The zero-order valence-electron chi connectivity index (χ0n) is 12.0. The third kappa shape index (κ3) is 5.28. The second-order valence-corrected chi connectivity index (χ2v) is 5.78. The van der Waals surface area contributed by atoms with Gasteiger partial charge in [-0.1, -0.05) is 20.8 Å². The van der Waals surface area contributed by atoms with Crippen LogP contribution < -0.4 is 15.2 Å². The largest absolute Gasteiger partial charge is 0.573 e. The lowest BCUT2D eigenvalue weighted by Gasteiger charge is -2.34. The van der Waals surface area contributed by atoms with Crippen LogP contribution in [0.25, 0.3) is 0 Å². The fourth-order valence-electron chi connectivity index (χ4n) is 1.94. The topological polar surface area (TPSA) is 44.5 Å². The predicted octanol–water partition coefficient (Wildman–Crippen LogP) is 3.73. The molecular formula is C14H20F3NO2. The maximum atomic E-state index is 12.0. The van der Waals surface area contributed by atoms with E-state index in [1.54, 1.807) is 0 Å². The van der Waals surface area contributed by atoms with Gasteiger partial charge >= 0.3 is 6.36 Å². The normalized spacial score (nSPS) is 15.6. The van der Waals surface area contributed by atoms with Gasteiger partial charge in [-0.3, -0.25) is 0 Å². The van der Waals surface area contributed by atoms with Crippen LogP contribution in [0.5, 0.6) is 11.5 Å². The van der Waals surface area contributed by atoms with Gasteiger partial charge in [0.15, 0.2) is 0 Å². The van der Waals surface area contributed by atoms with Gasteiger partial charge in [0, 0.05) is 11.5 Å². The lowest BCUT2D eigenvalue weighted by Crippen LogP contribution is -2.45. The van der Waals surface area contributed by atoms with Gasteiger partial charge in [-0.05, 0) is 31.2 Å². The molecule has 0 bridgehead atoms. The van der Waals surface area contributed by atoms with Crippen LogP contribution in [0.15, 0.2) is 24.3 Å². The van der Waals surface area contributed by atoms with E-state index < -0.39 is 6.36 Å². The molecule has 2 N–H and O–H groups in total. The minimum absolute atomic E-state index is 0.185. The molecule has 0 aliphatic carbocycles. The minimum atomic E-state index is -4.69. The minimum Gasteiger partial charge on any atom is -0.488 e. The number of hydrogen-bond donors (Lipinski definition) is 1. The van der Waals surface area contributed by atoms with E-state index in [1.165, 1.54) is 24.3 Å². The Kier molecular flexibility index (Phi) is 4.91. The van der Waals surface area contributed by atoms with Crippen LogP contribution in [0.2, 0.25) is 0 Å². The Morgan fingerprint density at radius 3 is 1.80 bits per heavy atom. The number of nitrogens with two attached hydrogens (primary N) is 1. The van der Waals surface area contributed by atoms with Crippen molar-refractivity contribution in [3.63, 3.8) is 0 Å². The van der Waals surface area contributed by atoms with Gasteiger partial charge < -0.3 is 15.2 Å². The van der Waals surface area contributed by atoms with E-state index in [0.29, 0.717) is 5.75 Å². The Morgan fingerprint density at radius 2 is 1.45 bits per heavy atom. The molecule has 0 spiro atoms. The van der Waals surface area contributed by atoms with Crippen LogP contribution in [-0.2, 0) is 0 Å². The van der Waals surface area contributed by atoms with E-state index in [0.717, 1.165) is 0 Å². The maximum Gasteiger partial charge on any atom is 0.573 e. The number of halogens is 3. The van der Waals surface area contributed by atoms with Crippen molar-refractivity contribution in [2.24, 2.45) is 11.1 Å². The first kappa shape index (κ1) is 16.6. The Labute approximate surface area is 116 Å². The van der Waals surface area contributed by atoms with Crippen molar-refractivity contribution in [2.45, 2.75) is 46.2 Å². The Bertz CT molecular complexity index is 422. The van der Waals surface area contributed by atoms with Crippen LogP contribution in [0.1, 0.15) is 27.7 Å². The van der Waals surface area contributed by atoms with Crippen LogP contribution in [0.4, 0.5) is 13.2 Å². The first-order valence-corrected chi connectivity index (χ1v) is 6.27. The molecule has 0 fully saturated rings. The van der Waals surface area contributed by atoms with E-state index in [1.807, 2.05) is 27.7 Å². The molecule has 0 saturated heterocycles. The lowest BCUT2D eigenvalue weighted by atomic mass is 9.85. The first-order valence-electron chi connectivity index (χ1n) is 6.27. The van der Waals surface area contributed by atoms with Crippen LogP contribution >= 0.6 is 0 Å². The third-order valence-corrected chi connectivity index (χ3v) is 2.65. The van der Waals surface area contributed by atoms with Gasteiger partial charge in [0.05, 0.1) is 0 Å². The molecule has 0 heterocycles. The van der Waals surface area contributed by atoms with Gasteiger partial charge in [0.25, 0.3) is 0 Å². The first-order chi connectivity index (χ1) is 8.99. The standard InChI is InChI=1S/C14H20F3NO2/c1-9(18)12(13(2,3)4)19-10-5-7-11(8-6-10)20-14(15,16)17/h5-9,12H,18H2,1-4H3. The fraction of sp³-hybridized carbons (Fsp3) is 0.571. The zero-order chi connectivity index (χ0) is 15.6. The second kappa shape index (κ2) is 5.91. The van der Waals surface area contributed by atoms with E-state index >= 15 is 0 Å². The molecule has 0 aliphatic heterocycles. The molecule has 0 aromatic heterocycles. The molecular weight excluding hydrogens is 271 g/mol. The van der Waals surface area contributed by atoms with E-state index in [4.69, 9.17) is 10.5 Å². The van der Waals surface area contributed by atoms with Crippen LogP contribution in [-0.4, -0.2) is 18.5 Å². The second-order valence-electron chi connectivity index (χ2n) is 5.78. The summed E-state index contributed by atoms with van der Waals surface area (Å²) in [5.74, 6) is 0.176. The molecule has 2 atom stereocenters. The molecule has 1 aromatic rings. The van der Waals surface area contributed by atoms with Crippen LogP contribution in [0, 0.1) is 5.41 Å². The van der Waals surface area contributed by atoms with E-state index in [-0.39, 0.29) is 23.3 Å². The summed E-state index contributed by atoms with van der Waals surface area (Å²) in [6, 6.07) is 5.08. The number of hydrogen-bond acceptors (Lipinski definition) is 3. The molecule has 6 heteroatoms. The van der Waals surface area contributed by atoms with Crippen LogP contribution in [0.3, 0.4) is 0 Å². The molecule has 0 radical (unpaired) electrons. The van der Waals surface area contributed by atoms with Crippen molar-refractivity contribution in [1.82, 2.24) is 0 Å². The highest BCUT2D eigenvalue weighted by Crippen LogP contribution is 2.29. The molecule has 0 aliphatic rings. The number of benzene rings is 1. The van der Waals surface area contributed by atoms with Gasteiger partial charge in [-0.15, -0.1) is 13.2 Å². The van der Waals surface area contributed by atoms with Crippen molar-refractivity contribution in [3.05, 3.63) is 24.3 Å². The van der Waals surface area contributed by atoms with Gasteiger partial charge in [-0.2, -0.15) is 0 Å². The summed E-state index contributed by atoms with van der Waals surface area (Å²) in [5, 5.41) is 0. The van der Waals surface area contributed by atoms with Crippen molar-refractivity contribution >= 4 is 0 Å². The quantitative estimate of drug-likeness (QED) is 0.919. The van der Waals surface area contributed by atoms with Gasteiger partial charge in [0.1, 0.15) is 17.6 Å². The highest BCUT2D eigenvalue weighted by molar-refractivity contribution is 5.31. The Balaban J connectivity index is 2.78. The summed E-state index contributed by atoms with van der Waals surface area (Å²) in [6.07, 6.45) is -4.95. The molecule has 1 aromatic carbocycles. The predicted molar refractivity (Wildman–Crippen MR) is 70.6 cm³/mol. The molecule has 114 valence electrons. The van der Waals surface area contributed by atoms with Crippen molar-refractivity contribution in [3.8, 4) is 11.5 Å². The third-order valence-electron chi connectivity index (χ3n) is 2.65. The maximum absolute atomic E-state index is 12.0. The summed E-state index contributed by atoms with van der Waals surface area (Å²) in [6.45, 7) is 7.80. The van der Waals surface area contributed by atoms with Crippen molar-refractivity contribution in [2.75, 3.05) is 0 Å². The molecule has 20 heavy (non-hydrogen) atoms. The average molecular weight is 291 g/mol. The van der Waals surface area contributed by atoms with Crippen molar-refractivity contribution in [1.29, 1.82) is 0 Å². The molecule has 3 nitrogen and oxygen atoms in total. The monoisotopic (exact) mass is 291 g/mol. The highest BCUT2D eigenvalue weighted by Gasteiger charge is 2.32. The summed E-state index contributed by atoms with van der Waals surface area (Å²) in [5.41, 5.74) is 5.70. The summed E-state index contributed by atoms with van der Waals surface area (Å²) in [7, 11) is 0. The Morgan fingerprint density at radius 1 is 1.00 bits per heavy atom. The Hall–Kier alpha value is -1.43. The lowest BCUT2D eigenvalue weighted by molar-refractivity contribution is -0.274. The summed E-state index contributed by atoms with van der Waals surface area (Å²) >= 11 is 0. The smallest absolute Gasteiger partial charge is 0.488 e. The number of ether oxygens (including phenoxy) is 2. The highest BCUT2D eigenvalue weighted by atomic mass is 19.4. The summed E-state index contributed by atoms with van der Waals surface area (Å²) < 4.78 is 45.7. The van der Waals surface area contributed by atoms with E-state index in [9.17, 15) is 13.2 Å². The van der Waals surface area contributed by atoms with Gasteiger partial charge in [-0.25, -0.2) is 0 Å². The molecule has 2 unspecified atom stereocenters. The average Bonchev–Trinajstić information content (AvgIpc) is 2.23. The molecule has 0 amide bonds. The van der Waals surface area contributed by atoms with Gasteiger partial charge in [0.2, 0.25) is 0 Å². The van der Waals surface area contributed by atoms with E-state index in [2.05, 4.69) is 4.74 Å². The zero-order valence-corrected chi connectivity index (χ0v) is 12.0. The molecule has 0 saturated carbocycles.